The van der Waals surface area contributed by atoms with Crippen molar-refractivity contribution in [1.82, 2.24) is 10.1 Å². The smallest absolute Gasteiger partial charge is 0.226 e. The predicted octanol–water partition coefficient (Wildman–Crippen LogP) is 0.799. The molecule has 0 amide bonds. The van der Waals surface area contributed by atoms with E-state index in [4.69, 9.17) is 14.4 Å². The maximum atomic E-state index is 8.67. The van der Waals surface area contributed by atoms with Crippen LogP contribution in [0.15, 0.2) is 4.52 Å². The van der Waals surface area contributed by atoms with Crippen LogP contribution in [0.3, 0.4) is 0 Å². The Kier molecular flexibility index (Phi) is 3.99. The van der Waals surface area contributed by atoms with E-state index in [0.29, 0.717) is 24.6 Å². The van der Waals surface area contributed by atoms with Crippen molar-refractivity contribution in [3.05, 3.63) is 11.7 Å². The van der Waals surface area contributed by atoms with Crippen molar-refractivity contribution in [1.29, 1.82) is 0 Å². The minimum absolute atomic E-state index is 0.0321. The molecule has 1 saturated heterocycles. The topological polar surface area (TPSA) is 68.4 Å². The monoisotopic (exact) mass is 230 g/mol. The van der Waals surface area contributed by atoms with Gasteiger partial charge in [-0.3, -0.25) is 0 Å². The Balaban J connectivity index is 1.93. The number of ether oxygens (including phenoxy) is 1. The minimum atomic E-state index is -0.0321. The van der Waals surface area contributed by atoms with Crippen LogP contribution in [0.1, 0.15) is 24.2 Å². The number of nitrogens with zero attached hydrogens (tertiary/aromatic N) is 2. The molecule has 5 nitrogen and oxygen atoms in total. The van der Waals surface area contributed by atoms with E-state index in [1.54, 1.807) is 0 Å². The van der Waals surface area contributed by atoms with Gasteiger partial charge >= 0.3 is 0 Å². The van der Waals surface area contributed by atoms with Crippen LogP contribution in [-0.4, -0.2) is 40.0 Å². The maximum Gasteiger partial charge on any atom is 0.226 e. The van der Waals surface area contributed by atoms with Gasteiger partial charge < -0.3 is 14.4 Å². The summed E-state index contributed by atoms with van der Waals surface area (Å²) in [6, 6.07) is 0. The highest BCUT2D eigenvalue weighted by Crippen LogP contribution is 2.24. The Morgan fingerprint density at radius 1 is 1.53 bits per heavy atom. The number of hydrogen-bond acceptors (Lipinski definition) is 6. The normalized spacial score (nSPS) is 21.8. The summed E-state index contributed by atoms with van der Waals surface area (Å²) in [7, 11) is 0. The molecular formula is C9H14N2O3S. The molecule has 1 atom stereocenters. The quantitative estimate of drug-likeness (QED) is 0.825. The molecule has 0 spiro atoms. The van der Waals surface area contributed by atoms with Gasteiger partial charge in [0.2, 0.25) is 11.7 Å². The first-order valence-electron chi connectivity index (χ1n) is 5.03. The number of aliphatic hydroxyl groups excluding tert-OH is 1. The number of aliphatic hydroxyl groups is 1. The van der Waals surface area contributed by atoms with E-state index in [0.717, 1.165) is 18.1 Å². The van der Waals surface area contributed by atoms with Crippen molar-refractivity contribution < 1.29 is 14.4 Å². The fourth-order valence-corrected chi connectivity index (χ4v) is 2.21. The second kappa shape index (κ2) is 5.48. The van der Waals surface area contributed by atoms with E-state index in [9.17, 15) is 0 Å². The summed E-state index contributed by atoms with van der Waals surface area (Å²) in [5, 5.41) is 12.6. The van der Waals surface area contributed by atoms with Crippen LogP contribution in [0.4, 0.5) is 0 Å². The van der Waals surface area contributed by atoms with Gasteiger partial charge in [0, 0.05) is 24.5 Å². The molecule has 2 rings (SSSR count). The van der Waals surface area contributed by atoms with E-state index < -0.39 is 0 Å². The van der Waals surface area contributed by atoms with Gasteiger partial charge in [-0.05, 0) is 6.42 Å². The Bertz CT molecular complexity index is 299. The lowest BCUT2D eigenvalue weighted by Crippen LogP contribution is -2.16. The van der Waals surface area contributed by atoms with Crippen LogP contribution in [0.5, 0.6) is 0 Å². The molecule has 0 radical (unpaired) electrons. The Labute approximate surface area is 92.2 Å². The molecule has 1 fully saturated rings. The largest absolute Gasteiger partial charge is 0.396 e. The second-order valence-electron chi connectivity index (χ2n) is 3.31. The van der Waals surface area contributed by atoms with E-state index in [1.807, 2.05) is 11.8 Å². The van der Waals surface area contributed by atoms with Crippen LogP contribution in [0, 0.1) is 0 Å². The van der Waals surface area contributed by atoms with Crippen molar-refractivity contribution >= 4 is 11.8 Å². The molecule has 0 aromatic carbocycles. The van der Waals surface area contributed by atoms with Crippen molar-refractivity contribution in [2.45, 2.75) is 18.9 Å². The van der Waals surface area contributed by atoms with Crippen LogP contribution in [0.2, 0.25) is 0 Å². The molecule has 0 bridgehead atoms. The third kappa shape index (κ3) is 2.93. The predicted molar refractivity (Wildman–Crippen MR) is 55.7 cm³/mol. The third-order valence-electron chi connectivity index (χ3n) is 2.14. The van der Waals surface area contributed by atoms with Crippen LogP contribution < -0.4 is 0 Å². The van der Waals surface area contributed by atoms with Crippen molar-refractivity contribution in [3.63, 3.8) is 0 Å². The molecule has 0 saturated carbocycles. The summed E-state index contributed by atoms with van der Waals surface area (Å²) in [5.41, 5.74) is 0. The van der Waals surface area contributed by atoms with Crippen molar-refractivity contribution in [2.24, 2.45) is 0 Å². The highest BCUT2D eigenvalue weighted by Gasteiger charge is 2.21. The van der Waals surface area contributed by atoms with Gasteiger partial charge in [-0.25, -0.2) is 0 Å². The lowest BCUT2D eigenvalue weighted by Gasteiger charge is -2.18. The SMILES string of the molecule is OCCCc1nc(C2CSCCO2)no1. The van der Waals surface area contributed by atoms with Crippen molar-refractivity contribution in [3.8, 4) is 0 Å². The molecule has 1 unspecified atom stereocenters. The zero-order chi connectivity index (χ0) is 10.5. The molecule has 1 aliphatic heterocycles. The standard InChI is InChI=1S/C9H14N2O3S/c12-3-1-2-8-10-9(11-14-8)7-6-15-5-4-13-7/h7,12H,1-6H2. The second-order valence-corrected chi connectivity index (χ2v) is 4.46. The van der Waals surface area contributed by atoms with Crippen LogP contribution in [-0.2, 0) is 11.2 Å². The average Bonchev–Trinajstić information content (AvgIpc) is 2.76. The Morgan fingerprint density at radius 3 is 3.20 bits per heavy atom. The molecule has 1 N–H and O–H groups in total. The fourth-order valence-electron chi connectivity index (χ4n) is 1.37. The Morgan fingerprint density at radius 2 is 2.47 bits per heavy atom. The van der Waals surface area contributed by atoms with Gasteiger partial charge in [-0.2, -0.15) is 16.7 Å². The van der Waals surface area contributed by atoms with Gasteiger partial charge in [0.15, 0.2) is 0 Å². The van der Waals surface area contributed by atoms with Gasteiger partial charge in [0.05, 0.1) is 6.61 Å². The number of aromatic nitrogens is 2. The van der Waals surface area contributed by atoms with Gasteiger partial charge in [-0.1, -0.05) is 5.16 Å². The van der Waals surface area contributed by atoms with Crippen LogP contribution in [0.25, 0.3) is 0 Å². The molecule has 1 aromatic rings. The summed E-state index contributed by atoms with van der Waals surface area (Å²) < 4.78 is 10.6. The molecule has 0 aliphatic carbocycles. The minimum Gasteiger partial charge on any atom is -0.396 e. The average molecular weight is 230 g/mol. The fraction of sp³-hybridized carbons (Fsp3) is 0.778. The highest BCUT2D eigenvalue weighted by molar-refractivity contribution is 7.99. The molecule has 15 heavy (non-hydrogen) atoms. The lowest BCUT2D eigenvalue weighted by molar-refractivity contribution is 0.0677. The first-order valence-corrected chi connectivity index (χ1v) is 6.18. The summed E-state index contributed by atoms with van der Waals surface area (Å²) in [5.74, 6) is 3.14. The third-order valence-corrected chi connectivity index (χ3v) is 3.13. The van der Waals surface area contributed by atoms with Gasteiger partial charge in [0.1, 0.15) is 6.10 Å². The van der Waals surface area contributed by atoms with Crippen LogP contribution >= 0.6 is 11.8 Å². The zero-order valence-electron chi connectivity index (χ0n) is 8.39. The molecule has 84 valence electrons. The number of hydrogen-bond donors (Lipinski definition) is 1. The van der Waals surface area contributed by atoms with E-state index in [2.05, 4.69) is 10.1 Å². The summed E-state index contributed by atoms with van der Waals surface area (Å²) in [6.07, 6.45) is 1.25. The maximum absolute atomic E-state index is 8.67. The number of rotatable bonds is 4. The molecule has 6 heteroatoms. The van der Waals surface area contributed by atoms with E-state index in [1.165, 1.54) is 0 Å². The summed E-state index contributed by atoms with van der Waals surface area (Å²) in [4.78, 5) is 4.24. The van der Waals surface area contributed by atoms with E-state index >= 15 is 0 Å². The first kappa shape index (κ1) is 10.9. The Hall–Kier alpha value is -0.590. The van der Waals surface area contributed by atoms with Crippen molar-refractivity contribution in [2.75, 3.05) is 24.7 Å². The zero-order valence-corrected chi connectivity index (χ0v) is 9.20. The molecule has 1 aliphatic rings. The summed E-state index contributed by atoms with van der Waals surface area (Å²) >= 11 is 1.84. The molecule has 1 aromatic heterocycles. The first-order chi connectivity index (χ1) is 7.40. The lowest BCUT2D eigenvalue weighted by atomic mass is 10.3. The highest BCUT2D eigenvalue weighted by atomic mass is 32.2. The van der Waals surface area contributed by atoms with E-state index in [-0.39, 0.29) is 12.7 Å². The molecular weight excluding hydrogens is 216 g/mol. The molecule has 2 heterocycles. The number of aryl methyl sites for hydroxylation is 1. The summed E-state index contributed by atoms with van der Waals surface area (Å²) in [6.45, 7) is 0.892. The number of thioether (sulfide) groups is 1. The van der Waals surface area contributed by atoms with Gasteiger partial charge in [0.25, 0.3) is 0 Å². The van der Waals surface area contributed by atoms with Gasteiger partial charge in [-0.15, -0.1) is 0 Å².